The van der Waals surface area contributed by atoms with Crippen LogP contribution in [-0.2, 0) is 32.6 Å². The maximum Gasteiger partial charge on any atom is 0.243 e. The summed E-state index contributed by atoms with van der Waals surface area (Å²) in [7, 11) is -3.68. The number of amides is 2. The molecule has 0 spiro atoms. The second kappa shape index (κ2) is 16.6. The smallest absolute Gasteiger partial charge is 0.243 e. The highest BCUT2D eigenvalue weighted by atomic mass is 32.2. The van der Waals surface area contributed by atoms with Crippen molar-refractivity contribution < 1.29 is 27.1 Å². The van der Waals surface area contributed by atoms with E-state index in [4.69, 9.17) is 4.74 Å². The first-order chi connectivity index (χ1) is 20.6. The highest BCUT2D eigenvalue weighted by molar-refractivity contribution is 7.92. The molecule has 0 aliphatic heterocycles. The lowest BCUT2D eigenvalue weighted by Gasteiger charge is -2.32. The van der Waals surface area contributed by atoms with E-state index in [1.807, 2.05) is 44.2 Å². The van der Waals surface area contributed by atoms with E-state index in [1.165, 1.54) is 21.3 Å². The number of nitrogens with zero attached hydrogens (tertiary/aromatic N) is 2. The van der Waals surface area contributed by atoms with Crippen molar-refractivity contribution in [1.82, 2.24) is 10.2 Å². The van der Waals surface area contributed by atoms with Crippen LogP contribution >= 0.6 is 0 Å². The van der Waals surface area contributed by atoms with Gasteiger partial charge in [-0.25, -0.2) is 12.8 Å². The SMILES string of the molecule is CCCCNC(=O)[C@@H](Cc1ccccc1)N(Cc1ccc(F)cc1)C(=O)CCCN(c1ccccc1OCC)S(C)(=O)=O. The molecule has 0 heterocycles. The van der Waals surface area contributed by atoms with E-state index >= 15 is 0 Å². The number of carbonyl (C=O) groups excluding carboxylic acids is 2. The number of hydrogen-bond donors (Lipinski definition) is 1. The minimum Gasteiger partial charge on any atom is -0.492 e. The largest absolute Gasteiger partial charge is 0.492 e. The lowest BCUT2D eigenvalue weighted by atomic mass is 10.0. The number of benzene rings is 3. The minimum atomic E-state index is -3.68. The number of sulfonamides is 1. The zero-order valence-corrected chi connectivity index (χ0v) is 26.0. The first kappa shape index (κ1) is 33.6. The maximum absolute atomic E-state index is 13.9. The fourth-order valence-corrected chi connectivity index (χ4v) is 5.74. The van der Waals surface area contributed by atoms with Crippen LogP contribution in [0.4, 0.5) is 10.1 Å². The summed E-state index contributed by atoms with van der Waals surface area (Å²) < 4.78 is 46.1. The van der Waals surface area contributed by atoms with Crippen LogP contribution in [0.25, 0.3) is 0 Å². The summed E-state index contributed by atoms with van der Waals surface area (Å²) in [6, 6.07) is 21.4. The van der Waals surface area contributed by atoms with Gasteiger partial charge in [0.15, 0.2) is 0 Å². The van der Waals surface area contributed by atoms with Crippen molar-refractivity contribution in [3.8, 4) is 5.75 Å². The van der Waals surface area contributed by atoms with Gasteiger partial charge in [-0.15, -0.1) is 0 Å². The second-order valence-electron chi connectivity index (χ2n) is 10.3. The standard InChI is InChI=1S/C33H42FN3O5S/c1-4-6-22-35-33(39)30(24-26-13-8-7-9-14-26)36(25-27-18-20-28(34)21-19-27)32(38)17-12-23-37(43(3,40)41)29-15-10-11-16-31(29)42-5-2/h7-11,13-16,18-21,30H,4-6,12,17,22-25H2,1-3H3,(H,35,39)/t30-/m1/s1. The van der Waals surface area contributed by atoms with Crippen LogP contribution in [0.3, 0.4) is 0 Å². The molecule has 0 aliphatic rings. The molecule has 10 heteroatoms. The van der Waals surface area contributed by atoms with Crippen molar-refractivity contribution in [2.75, 3.05) is 30.3 Å². The molecule has 0 radical (unpaired) electrons. The number of hydrogen-bond acceptors (Lipinski definition) is 5. The lowest BCUT2D eigenvalue weighted by molar-refractivity contribution is -0.141. The van der Waals surface area contributed by atoms with Crippen molar-refractivity contribution in [3.63, 3.8) is 0 Å². The Morgan fingerprint density at radius 1 is 0.907 bits per heavy atom. The number of rotatable bonds is 17. The molecule has 2 amide bonds. The van der Waals surface area contributed by atoms with Gasteiger partial charge in [0.1, 0.15) is 17.6 Å². The van der Waals surface area contributed by atoms with E-state index in [1.54, 1.807) is 36.4 Å². The van der Waals surface area contributed by atoms with Crippen LogP contribution in [-0.4, -0.2) is 57.1 Å². The zero-order valence-electron chi connectivity index (χ0n) is 25.2. The monoisotopic (exact) mass is 611 g/mol. The molecule has 8 nitrogen and oxygen atoms in total. The number of unbranched alkanes of at least 4 members (excludes halogenated alkanes) is 1. The van der Waals surface area contributed by atoms with E-state index in [0.717, 1.165) is 24.7 Å². The Balaban J connectivity index is 1.88. The Labute approximate surface area is 254 Å². The van der Waals surface area contributed by atoms with Crippen LogP contribution in [0.2, 0.25) is 0 Å². The van der Waals surface area contributed by atoms with E-state index in [2.05, 4.69) is 5.32 Å². The minimum absolute atomic E-state index is 0.00243. The van der Waals surface area contributed by atoms with Crippen LogP contribution in [0.5, 0.6) is 5.75 Å². The van der Waals surface area contributed by atoms with Gasteiger partial charge in [-0.2, -0.15) is 0 Å². The van der Waals surface area contributed by atoms with Gasteiger partial charge in [-0.1, -0.05) is 67.9 Å². The molecular weight excluding hydrogens is 569 g/mol. The fraction of sp³-hybridized carbons (Fsp3) is 0.394. The Kier molecular flexibility index (Phi) is 13.0. The maximum atomic E-state index is 13.9. The van der Waals surface area contributed by atoms with Gasteiger partial charge < -0.3 is 15.0 Å². The van der Waals surface area contributed by atoms with Gasteiger partial charge in [-0.3, -0.25) is 13.9 Å². The molecule has 0 saturated carbocycles. The van der Waals surface area contributed by atoms with Crippen LogP contribution in [0, 0.1) is 5.82 Å². The van der Waals surface area contributed by atoms with Crippen molar-refractivity contribution in [3.05, 3.63) is 95.8 Å². The summed E-state index contributed by atoms with van der Waals surface area (Å²) in [6.07, 6.45) is 3.34. The summed E-state index contributed by atoms with van der Waals surface area (Å²) in [5, 5.41) is 2.97. The number of ether oxygens (including phenoxy) is 1. The number of nitrogens with one attached hydrogen (secondary N) is 1. The number of para-hydroxylation sites is 2. The molecule has 43 heavy (non-hydrogen) atoms. The van der Waals surface area contributed by atoms with Crippen LogP contribution < -0.4 is 14.4 Å². The second-order valence-corrected chi connectivity index (χ2v) is 12.2. The molecule has 0 unspecified atom stereocenters. The Hall–Kier alpha value is -3.92. The summed E-state index contributed by atoms with van der Waals surface area (Å²) in [5.41, 5.74) is 1.98. The predicted molar refractivity (Wildman–Crippen MR) is 168 cm³/mol. The number of carbonyl (C=O) groups is 2. The summed E-state index contributed by atoms with van der Waals surface area (Å²) in [5.74, 6) is -0.530. The summed E-state index contributed by atoms with van der Waals surface area (Å²) >= 11 is 0. The number of halogens is 1. The first-order valence-electron chi connectivity index (χ1n) is 14.7. The number of anilines is 1. The highest BCUT2D eigenvalue weighted by Crippen LogP contribution is 2.30. The first-order valence-corrected chi connectivity index (χ1v) is 16.5. The molecule has 232 valence electrons. The normalized spacial score (nSPS) is 11.9. The van der Waals surface area contributed by atoms with Gasteiger partial charge in [0.25, 0.3) is 0 Å². The molecule has 0 aromatic heterocycles. The molecule has 1 atom stereocenters. The average molecular weight is 612 g/mol. The molecule has 0 saturated heterocycles. The summed E-state index contributed by atoms with van der Waals surface area (Å²) in [4.78, 5) is 29.0. The molecule has 0 fully saturated rings. The molecule has 3 rings (SSSR count). The molecule has 0 aliphatic carbocycles. The highest BCUT2D eigenvalue weighted by Gasteiger charge is 2.30. The van der Waals surface area contributed by atoms with Crippen molar-refractivity contribution >= 4 is 27.5 Å². The molecule has 1 N–H and O–H groups in total. The Morgan fingerprint density at radius 2 is 1.58 bits per heavy atom. The Bertz CT molecular complexity index is 1420. The van der Waals surface area contributed by atoms with Gasteiger partial charge in [0.05, 0.1) is 18.6 Å². The van der Waals surface area contributed by atoms with Crippen molar-refractivity contribution in [2.45, 2.75) is 58.5 Å². The van der Waals surface area contributed by atoms with Crippen molar-refractivity contribution in [2.24, 2.45) is 0 Å². The quantitative estimate of drug-likeness (QED) is 0.208. The van der Waals surface area contributed by atoms with E-state index in [-0.39, 0.29) is 37.7 Å². The Morgan fingerprint density at radius 3 is 2.23 bits per heavy atom. The molecule has 0 bridgehead atoms. The van der Waals surface area contributed by atoms with Gasteiger partial charge in [-0.05, 0) is 55.2 Å². The van der Waals surface area contributed by atoms with E-state index in [0.29, 0.717) is 36.6 Å². The van der Waals surface area contributed by atoms with Crippen LogP contribution in [0.15, 0.2) is 78.9 Å². The average Bonchev–Trinajstić information content (AvgIpc) is 2.98. The lowest BCUT2D eigenvalue weighted by Crippen LogP contribution is -2.50. The van der Waals surface area contributed by atoms with Gasteiger partial charge >= 0.3 is 0 Å². The molecule has 3 aromatic carbocycles. The molecular formula is C33H42FN3O5S. The van der Waals surface area contributed by atoms with Gasteiger partial charge in [0, 0.05) is 32.5 Å². The van der Waals surface area contributed by atoms with E-state index in [9.17, 15) is 22.4 Å². The summed E-state index contributed by atoms with van der Waals surface area (Å²) in [6.45, 7) is 4.85. The topological polar surface area (TPSA) is 96.0 Å². The van der Waals surface area contributed by atoms with Gasteiger partial charge in [0.2, 0.25) is 21.8 Å². The fourth-order valence-electron chi connectivity index (χ4n) is 4.77. The third-order valence-corrected chi connectivity index (χ3v) is 8.13. The van der Waals surface area contributed by atoms with Crippen LogP contribution in [0.1, 0.15) is 50.7 Å². The van der Waals surface area contributed by atoms with Crippen molar-refractivity contribution in [1.29, 1.82) is 0 Å². The third-order valence-electron chi connectivity index (χ3n) is 6.95. The third kappa shape index (κ3) is 10.4. The predicted octanol–water partition coefficient (Wildman–Crippen LogP) is 5.33. The zero-order chi connectivity index (χ0) is 31.2. The van der Waals surface area contributed by atoms with E-state index < -0.39 is 21.9 Å². The molecule has 3 aromatic rings.